The van der Waals surface area contributed by atoms with Gasteiger partial charge in [0.25, 0.3) is 0 Å². The Balaban J connectivity index is 1.77. The zero-order valence-corrected chi connectivity index (χ0v) is 19.3. The Bertz CT molecular complexity index is 1110. The number of ether oxygens (including phenoxy) is 1. The number of carbonyl (C=O) groups is 2. The highest BCUT2D eigenvalue weighted by molar-refractivity contribution is 8.03. The van der Waals surface area contributed by atoms with Crippen molar-refractivity contribution in [2.45, 2.75) is 12.3 Å². The minimum absolute atomic E-state index is 0.0167. The van der Waals surface area contributed by atoms with E-state index < -0.39 is 5.92 Å². The highest BCUT2D eigenvalue weighted by Gasteiger charge is 2.30. The standard InChI is InChI=1S/C21H16Cl3N3O3S/c1-30-18-5-2-11(6-17(18)24)13-8-19(28)27-21(14(13)9-25)31-10-20(29)26-12-3-4-15(22)16(23)7-12/h2-7,13H,8,10H2,1H3,(H,26,29)(H,27,28)/t13-/m0/s1. The van der Waals surface area contributed by atoms with Crippen LogP contribution in [0.1, 0.15) is 17.9 Å². The summed E-state index contributed by atoms with van der Waals surface area (Å²) in [5.74, 6) is -0.554. The molecule has 0 aromatic heterocycles. The predicted octanol–water partition coefficient (Wildman–Crippen LogP) is 5.37. The minimum atomic E-state index is -0.470. The maximum absolute atomic E-state index is 12.3. The van der Waals surface area contributed by atoms with E-state index in [0.29, 0.717) is 37.1 Å². The van der Waals surface area contributed by atoms with Crippen LogP contribution in [0.25, 0.3) is 0 Å². The minimum Gasteiger partial charge on any atom is -0.495 e. The third kappa shape index (κ3) is 5.66. The van der Waals surface area contributed by atoms with Crippen LogP contribution in [0.3, 0.4) is 0 Å². The lowest BCUT2D eigenvalue weighted by Gasteiger charge is -2.25. The molecule has 1 aliphatic rings. The molecule has 2 amide bonds. The summed E-state index contributed by atoms with van der Waals surface area (Å²) in [6.45, 7) is 0. The van der Waals surface area contributed by atoms with E-state index in [1.807, 2.05) is 0 Å². The smallest absolute Gasteiger partial charge is 0.234 e. The molecule has 1 atom stereocenters. The van der Waals surface area contributed by atoms with Crippen molar-refractivity contribution in [3.63, 3.8) is 0 Å². The summed E-state index contributed by atoms with van der Waals surface area (Å²) in [5, 5.41) is 16.6. The zero-order chi connectivity index (χ0) is 22.5. The van der Waals surface area contributed by atoms with Gasteiger partial charge in [0.2, 0.25) is 11.8 Å². The molecule has 0 aliphatic carbocycles. The summed E-state index contributed by atoms with van der Waals surface area (Å²) >= 11 is 19.1. The number of nitrogens with zero attached hydrogens (tertiary/aromatic N) is 1. The van der Waals surface area contributed by atoms with Crippen molar-refractivity contribution in [1.82, 2.24) is 5.32 Å². The Morgan fingerprint density at radius 3 is 2.65 bits per heavy atom. The molecule has 2 aromatic carbocycles. The normalized spacial score (nSPS) is 15.8. The Kier molecular flexibility index (Phi) is 7.74. The average molecular weight is 497 g/mol. The summed E-state index contributed by atoms with van der Waals surface area (Å²) < 4.78 is 5.16. The molecule has 1 aliphatic heterocycles. The lowest BCUT2D eigenvalue weighted by Crippen LogP contribution is -2.31. The summed E-state index contributed by atoms with van der Waals surface area (Å²) in [4.78, 5) is 24.6. The van der Waals surface area contributed by atoms with Gasteiger partial charge in [-0.3, -0.25) is 9.59 Å². The molecule has 1 heterocycles. The monoisotopic (exact) mass is 495 g/mol. The number of halogens is 3. The van der Waals surface area contributed by atoms with E-state index in [-0.39, 0.29) is 24.0 Å². The van der Waals surface area contributed by atoms with E-state index >= 15 is 0 Å². The van der Waals surface area contributed by atoms with E-state index in [9.17, 15) is 14.9 Å². The molecule has 6 nitrogen and oxygen atoms in total. The number of nitrogens with one attached hydrogen (secondary N) is 2. The highest BCUT2D eigenvalue weighted by Crippen LogP contribution is 2.38. The van der Waals surface area contributed by atoms with Gasteiger partial charge in [-0.15, -0.1) is 0 Å². The van der Waals surface area contributed by atoms with Gasteiger partial charge >= 0.3 is 0 Å². The van der Waals surface area contributed by atoms with Crippen molar-refractivity contribution in [3.8, 4) is 11.8 Å². The Morgan fingerprint density at radius 2 is 2.00 bits per heavy atom. The maximum atomic E-state index is 12.3. The first-order valence-electron chi connectivity index (χ1n) is 8.97. The molecular formula is C21H16Cl3N3O3S. The van der Waals surface area contributed by atoms with Crippen molar-refractivity contribution in [2.24, 2.45) is 0 Å². The van der Waals surface area contributed by atoms with Gasteiger partial charge in [0.15, 0.2) is 0 Å². The molecule has 0 spiro atoms. The predicted molar refractivity (Wildman–Crippen MR) is 124 cm³/mol. The molecule has 0 bridgehead atoms. The van der Waals surface area contributed by atoms with Gasteiger partial charge in [-0.25, -0.2) is 0 Å². The van der Waals surface area contributed by atoms with Crippen molar-refractivity contribution in [1.29, 1.82) is 5.26 Å². The largest absolute Gasteiger partial charge is 0.495 e. The third-order valence-electron chi connectivity index (χ3n) is 4.49. The molecule has 0 radical (unpaired) electrons. The molecule has 160 valence electrons. The van der Waals surface area contributed by atoms with Crippen LogP contribution in [0, 0.1) is 11.3 Å². The van der Waals surface area contributed by atoms with Crippen molar-refractivity contribution < 1.29 is 14.3 Å². The molecule has 2 N–H and O–H groups in total. The molecule has 10 heteroatoms. The SMILES string of the molecule is COc1ccc([C@@H]2CC(=O)NC(SCC(=O)Nc3ccc(Cl)c(Cl)c3)=C2C#N)cc1Cl. The molecule has 0 saturated carbocycles. The molecule has 2 aromatic rings. The molecule has 0 saturated heterocycles. The number of hydrogen-bond donors (Lipinski definition) is 2. The number of benzene rings is 2. The number of anilines is 1. The van der Waals surface area contributed by atoms with Crippen LogP contribution in [-0.4, -0.2) is 24.7 Å². The van der Waals surface area contributed by atoms with Gasteiger partial charge in [0, 0.05) is 18.0 Å². The van der Waals surface area contributed by atoms with E-state index in [1.54, 1.807) is 30.3 Å². The number of allylic oxidation sites excluding steroid dienone is 1. The fourth-order valence-corrected chi connectivity index (χ4v) is 4.47. The first-order valence-corrected chi connectivity index (χ1v) is 11.1. The van der Waals surface area contributed by atoms with E-state index in [1.165, 1.54) is 13.2 Å². The zero-order valence-electron chi connectivity index (χ0n) is 16.2. The molecule has 0 fully saturated rings. The lowest BCUT2D eigenvalue weighted by molar-refractivity contribution is -0.121. The van der Waals surface area contributed by atoms with Crippen LogP contribution in [0.15, 0.2) is 47.0 Å². The van der Waals surface area contributed by atoms with Gasteiger partial charge in [-0.1, -0.05) is 52.6 Å². The second-order valence-electron chi connectivity index (χ2n) is 6.52. The fraction of sp³-hybridized carbons (Fsp3) is 0.190. The van der Waals surface area contributed by atoms with Crippen LogP contribution >= 0.6 is 46.6 Å². The first-order chi connectivity index (χ1) is 14.8. The van der Waals surface area contributed by atoms with Gasteiger partial charge < -0.3 is 15.4 Å². The quantitative estimate of drug-likeness (QED) is 0.561. The number of rotatable bonds is 6. The van der Waals surface area contributed by atoms with Crippen LogP contribution in [0.4, 0.5) is 5.69 Å². The fourth-order valence-electron chi connectivity index (χ4n) is 3.03. The summed E-state index contributed by atoms with van der Waals surface area (Å²) in [6, 6.07) is 12.1. The van der Waals surface area contributed by atoms with Crippen molar-refractivity contribution in [2.75, 3.05) is 18.2 Å². The van der Waals surface area contributed by atoms with Crippen molar-refractivity contribution in [3.05, 3.63) is 67.6 Å². The topological polar surface area (TPSA) is 91.2 Å². The Morgan fingerprint density at radius 1 is 1.23 bits per heavy atom. The molecule has 31 heavy (non-hydrogen) atoms. The first kappa shape index (κ1) is 23.3. The number of methoxy groups -OCH3 is 1. The molecule has 3 rings (SSSR count). The van der Waals surface area contributed by atoms with E-state index in [0.717, 1.165) is 17.3 Å². The van der Waals surface area contributed by atoms with Gasteiger partial charge in [-0.05, 0) is 35.9 Å². The summed E-state index contributed by atoms with van der Waals surface area (Å²) in [7, 11) is 1.51. The maximum Gasteiger partial charge on any atom is 0.234 e. The molecule has 0 unspecified atom stereocenters. The van der Waals surface area contributed by atoms with Crippen LogP contribution in [0.2, 0.25) is 15.1 Å². The van der Waals surface area contributed by atoms with Crippen LogP contribution in [0.5, 0.6) is 5.75 Å². The second-order valence-corrected chi connectivity index (χ2v) is 8.73. The lowest BCUT2D eigenvalue weighted by atomic mass is 9.87. The number of carbonyl (C=O) groups excluding carboxylic acids is 2. The van der Waals surface area contributed by atoms with Crippen LogP contribution < -0.4 is 15.4 Å². The van der Waals surface area contributed by atoms with E-state index in [4.69, 9.17) is 39.5 Å². The summed E-state index contributed by atoms with van der Waals surface area (Å²) in [6.07, 6.45) is 0.102. The highest BCUT2D eigenvalue weighted by atomic mass is 35.5. The molecular weight excluding hydrogens is 481 g/mol. The summed E-state index contributed by atoms with van der Waals surface area (Å²) in [5.41, 5.74) is 1.58. The van der Waals surface area contributed by atoms with Crippen molar-refractivity contribution >= 4 is 64.1 Å². The van der Waals surface area contributed by atoms with Gasteiger partial charge in [0.05, 0.1) is 44.6 Å². The van der Waals surface area contributed by atoms with Gasteiger partial charge in [-0.2, -0.15) is 5.26 Å². The van der Waals surface area contributed by atoms with Gasteiger partial charge in [0.1, 0.15) is 5.75 Å². The average Bonchev–Trinajstić information content (AvgIpc) is 2.74. The third-order valence-corrected chi connectivity index (χ3v) is 6.54. The Labute approximate surface area is 198 Å². The second kappa shape index (κ2) is 10.3. The number of nitriles is 1. The Hall–Kier alpha value is -2.37. The number of thioether (sulfide) groups is 1. The number of amides is 2. The van der Waals surface area contributed by atoms with E-state index in [2.05, 4.69) is 16.7 Å². The van der Waals surface area contributed by atoms with Crippen LogP contribution in [-0.2, 0) is 9.59 Å². The number of hydrogen-bond acceptors (Lipinski definition) is 5.